The highest BCUT2D eigenvalue weighted by Gasteiger charge is 2.36. The number of fused-ring (bicyclic) bond motifs is 1. The van der Waals surface area contributed by atoms with Gasteiger partial charge in [-0.25, -0.2) is 0 Å². The second-order valence-corrected chi connectivity index (χ2v) is 5.47. The summed E-state index contributed by atoms with van der Waals surface area (Å²) in [6.45, 7) is 0.611. The fourth-order valence-electron chi connectivity index (χ4n) is 2.65. The Balaban J connectivity index is 1.54. The maximum atomic E-state index is 5.92. The highest BCUT2D eigenvalue weighted by molar-refractivity contribution is 5.57. The van der Waals surface area contributed by atoms with Crippen LogP contribution in [0.15, 0.2) is 28.8 Å². The molecule has 6 heteroatoms. The van der Waals surface area contributed by atoms with Crippen LogP contribution in [0, 0.1) is 5.92 Å². The largest absolute Gasteiger partial charge is 0.477 e. The Hall–Kier alpha value is -2.08. The van der Waals surface area contributed by atoms with Crippen LogP contribution >= 0.6 is 0 Å². The quantitative estimate of drug-likeness (QED) is 0.932. The predicted molar refractivity (Wildman–Crippen MR) is 75.1 cm³/mol. The molecule has 1 aliphatic carbocycles. The van der Waals surface area contributed by atoms with Gasteiger partial charge in [-0.1, -0.05) is 17.3 Å². The summed E-state index contributed by atoms with van der Waals surface area (Å²) in [5, 5.41) is 7.38. The molecule has 1 aromatic heterocycles. The van der Waals surface area contributed by atoms with Crippen LogP contribution in [0.25, 0.3) is 0 Å². The first-order chi connectivity index (χ1) is 10.3. The molecular formula is C15H17N3O3. The normalized spacial score (nSPS) is 22.0. The minimum atomic E-state index is -0.266. The maximum absolute atomic E-state index is 5.92. The lowest BCUT2D eigenvalue weighted by atomic mass is 10.2. The van der Waals surface area contributed by atoms with Crippen molar-refractivity contribution < 1.29 is 14.0 Å². The van der Waals surface area contributed by atoms with Crippen molar-refractivity contribution in [1.82, 2.24) is 10.1 Å². The van der Waals surface area contributed by atoms with Crippen molar-refractivity contribution in [2.75, 3.05) is 19.0 Å². The van der Waals surface area contributed by atoms with Crippen molar-refractivity contribution >= 4 is 5.69 Å². The van der Waals surface area contributed by atoms with Crippen LogP contribution in [0.5, 0.6) is 5.75 Å². The number of hydrogen-bond donors (Lipinski definition) is 1. The fourth-order valence-corrected chi connectivity index (χ4v) is 2.65. The number of rotatable bonds is 4. The molecule has 0 amide bonds. The van der Waals surface area contributed by atoms with E-state index in [0.717, 1.165) is 24.3 Å². The smallest absolute Gasteiger partial charge is 0.269 e. The van der Waals surface area contributed by atoms with Gasteiger partial charge in [-0.3, -0.25) is 0 Å². The van der Waals surface area contributed by atoms with Crippen molar-refractivity contribution in [2.45, 2.75) is 25.0 Å². The van der Waals surface area contributed by atoms with Gasteiger partial charge in [-0.05, 0) is 30.9 Å². The molecule has 1 fully saturated rings. The summed E-state index contributed by atoms with van der Waals surface area (Å²) in [5.74, 6) is 2.44. The van der Waals surface area contributed by atoms with E-state index in [1.165, 1.54) is 0 Å². The molecule has 2 heterocycles. The summed E-state index contributed by atoms with van der Waals surface area (Å²) >= 11 is 0. The molecule has 2 aromatic rings. The Labute approximate surface area is 122 Å². The molecule has 21 heavy (non-hydrogen) atoms. The number of methoxy groups -OCH3 is 1. The van der Waals surface area contributed by atoms with E-state index >= 15 is 0 Å². The highest BCUT2D eigenvalue weighted by atomic mass is 16.5. The lowest BCUT2D eigenvalue weighted by molar-refractivity contribution is 0.0750. The predicted octanol–water partition coefficient (Wildman–Crippen LogP) is 2.71. The van der Waals surface area contributed by atoms with Crippen LogP contribution in [0.1, 0.15) is 36.8 Å². The third-order valence-electron chi connectivity index (χ3n) is 3.93. The standard InChI is InChI=1S/C15H17N3O3/c1-19-13(9-6-7-9)14-17-15(21-18-14)12-8-16-10-4-2-3-5-11(10)20-12/h2-5,9,12-13,16H,6-8H2,1H3. The summed E-state index contributed by atoms with van der Waals surface area (Å²) in [7, 11) is 1.69. The number of nitrogens with one attached hydrogen (secondary N) is 1. The zero-order valence-corrected chi connectivity index (χ0v) is 11.8. The van der Waals surface area contributed by atoms with E-state index < -0.39 is 0 Å². The first kappa shape index (κ1) is 12.6. The fraction of sp³-hybridized carbons (Fsp3) is 0.467. The lowest BCUT2D eigenvalue weighted by Crippen LogP contribution is -2.23. The van der Waals surface area contributed by atoms with Gasteiger partial charge >= 0.3 is 0 Å². The number of aromatic nitrogens is 2. The van der Waals surface area contributed by atoms with E-state index in [0.29, 0.717) is 24.2 Å². The average Bonchev–Trinajstić information content (AvgIpc) is 3.24. The van der Waals surface area contributed by atoms with Gasteiger partial charge in [0.25, 0.3) is 5.89 Å². The molecule has 4 rings (SSSR count). The van der Waals surface area contributed by atoms with Crippen LogP contribution in [-0.4, -0.2) is 23.8 Å². The number of anilines is 1. The minimum Gasteiger partial charge on any atom is -0.477 e. The van der Waals surface area contributed by atoms with E-state index in [1.54, 1.807) is 7.11 Å². The van der Waals surface area contributed by atoms with Crippen molar-refractivity contribution in [3.63, 3.8) is 0 Å². The lowest BCUT2D eigenvalue weighted by Gasteiger charge is -2.24. The van der Waals surface area contributed by atoms with Crippen molar-refractivity contribution in [1.29, 1.82) is 0 Å². The molecular weight excluding hydrogens is 270 g/mol. The third-order valence-corrected chi connectivity index (χ3v) is 3.93. The Morgan fingerprint density at radius 3 is 3.00 bits per heavy atom. The second kappa shape index (κ2) is 5.04. The zero-order valence-electron chi connectivity index (χ0n) is 11.8. The Morgan fingerprint density at radius 1 is 1.33 bits per heavy atom. The van der Waals surface area contributed by atoms with Gasteiger partial charge in [0.2, 0.25) is 5.82 Å². The number of hydrogen-bond acceptors (Lipinski definition) is 6. The van der Waals surface area contributed by atoms with Gasteiger partial charge < -0.3 is 19.3 Å². The number of ether oxygens (including phenoxy) is 2. The number of para-hydroxylation sites is 2. The summed E-state index contributed by atoms with van der Waals surface area (Å²) in [5.41, 5.74) is 0.987. The molecule has 0 bridgehead atoms. The van der Waals surface area contributed by atoms with Crippen LogP contribution in [0.4, 0.5) is 5.69 Å². The maximum Gasteiger partial charge on any atom is 0.269 e. The van der Waals surface area contributed by atoms with E-state index in [1.807, 2.05) is 24.3 Å². The van der Waals surface area contributed by atoms with E-state index in [-0.39, 0.29) is 12.2 Å². The molecule has 6 nitrogen and oxygen atoms in total. The van der Waals surface area contributed by atoms with Crippen LogP contribution in [0.3, 0.4) is 0 Å². The molecule has 0 spiro atoms. The average molecular weight is 287 g/mol. The molecule has 110 valence electrons. The van der Waals surface area contributed by atoms with Gasteiger partial charge in [-0.2, -0.15) is 4.98 Å². The Kier molecular flexibility index (Phi) is 3.03. The van der Waals surface area contributed by atoms with Gasteiger partial charge in [-0.15, -0.1) is 0 Å². The molecule has 1 aromatic carbocycles. The third kappa shape index (κ3) is 2.35. The molecule has 2 unspecified atom stereocenters. The molecule has 1 saturated carbocycles. The molecule has 0 saturated heterocycles. The van der Waals surface area contributed by atoms with E-state index in [2.05, 4.69) is 15.5 Å². The van der Waals surface area contributed by atoms with Crippen molar-refractivity contribution in [2.24, 2.45) is 5.92 Å². The molecule has 0 radical (unpaired) electrons. The summed E-state index contributed by atoms with van der Waals surface area (Å²) < 4.78 is 16.8. The summed E-state index contributed by atoms with van der Waals surface area (Å²) in [6, 6.07) is 7.82. The first-order valence-corrected chi connectivity index (χ1v) is 7.21. The van der Waals surface area contributed by atoms with Crippen LogP contribution in [0.2, 0.25) is 0 Å². The van der Waals surface area contributed by atoms with Crippen LogP contribution in [-0.2, 0) is 4.74 Å². The first-order valence-electron chi connectivity index (χ1n) is 7.21. The van der Waals surface area contributed by atoms with Gasteiger partial charge in [0, 0.05) is 7.11 Å². The molecule has 1 N–H and O–H groups in total. The highest BCUT2D eigenvalue weighted by Crippen LogP contribution is 2.42. The number of nitrogens with zero attached hydrogens (tertiary/aromatic N) is 2. The van der Waals surface area contributed by atoms with Gasteiger partial charge in [0.05, 0.1) is 12.2 Å². The van der Waals surface area contributed by atoms with Crippen LogP contribution < -0.4 is 10.1 Å². The van der Waals surface area contributed by atoms with Crippen molar-refractivity contribution in [3.8, 4) is 5.75 Å². The van der Waals surface area contributed by atoms with E-state index in [4.69, 9.17) is 14.0 Å². The van der Waals surface area contributed by atoms with Gasteiger partial charge in [0.1, 0.15) is 11.9 Å². The minimum absolute atomic E-state index is 0.0636. The Morgan fingerprint density at radius 2 is 2.19 bits per heavy atom. The molecule has 2 aliphatic rings. The topological polar surface area (TPSA) is 69.4 Å². The summed E-state index contributed by atoms with van der Waals surface area (Å²) in [6.07, 6.45) is 2.00. The SMILES string of the molecule is COC(c1noc(C2CNc3ccccc3O2)n1)C1CC1. The van der Waals surface area contributed by atoms with Crippen molar-refractivity contribution in [3.05, 3.63) is 36.0 Å². The molecule has 2 atom stereocenters. The zero-order chi connectivity index (χ0) is 14.2. The van der Waals surface area contributed by atoms with E-state index in [9.17, 15) is 0 Å². The van der Waals surface area contributed by atoms with Gasteiger partial charge in [0.15, 0.2) is 6.10 Å². The second-order valence-electron chi connectivity index (χ2n) is 5.47. The Bertz CT molecular complexity index is 639. The monoisotopic (exact) mass is 287 g/mol. The molecule has 1 aliphatic heterocycles. The summed E-state index contributed by atoms with van der Waals surface area (Å²) in [4.78, 5) is 4.47. The number of benzene rings is 1.